The first kappa shape index (κ1) is 16.0. The summed E-state index contributed by atoms with van der Waals surface area (Å²) in [5, 5.41) is 0.997. The molecule has 23 heavy (non-hydrogen) atoms. The van der Waals surface area contributed by atoms with Crippen LogP contribution in [0.3, 0.4) is 0 Å². The molecule has 2 aliphatic heterocycles. The molecule has 5 nitrogen and oxygen atoms in total. The Kier molecular flexibility index (Phi) is 3.85. The average molecular weight is 337 g/mol. The number of thiazole rings is 1. The van der Waals surface area contributed by atoms with E-state index in [9.17, 15) is 0 Å². The molecule has 0 N–H and O–H groups in total. The van der Waals surface area contributed by atoms with Gasteiger partial charge in [0, 0.05) is 5.92 Å². The third-order valence-electron chi connectivity index (χ3n) is 5.22. The van der Waals surface area contributed by atoms with Gasteiger partial charge in [0.1, 0.15) is 11.1 Å². The first-order valence-electron chi connectivity index (χ1n) is 8.43. The third kappa shape index (κ3) is 2.87. The molecular formula is C16H24BNO4S. The summed E-state index contributed by atoms with van der Waals surface area (Å²) in [4.78, 5) is 4.89. The number of ether oxygens (including phenoxy) is 2. The number of nitrogens with zero attached hydrogens (tertiary/aromatic N) is 1. The third-order valence-corrected chi connectivity index (χ3v) is 6.41. The van der Waals surface area contributed by atoms with Gasteiger partial charge in [0.15, 0.2) is 0 Å². The van der Waals surface area contributed by atoms with Crippen molar-refractivity contribution < 1.29 is 18.8 Å². The van der Waals surface area contributed by atoms with E-state index >= 15 is 0 Å². The summed E-state index contributed by atoms with van der Waals surface area (Å²) >= 11 is 1.67. The van der Waals surface area contributed by atoms with Gasteiger partial charge in [-0.1, -0.05) is 0 Å². The number of rotatable bonds is 3. The second kappa shape index (κ2) is 5.53. The van der Waals surface area contributed by atoms with Crippen LogP contribution in [-0.2, 0) is 18.8 Å². The highest BCUT2D eigenvalue weighted by atomic mass is 32.1. The molecule has 3 heterocycles. The molecule has 7 heteroatoms. The van der Waals surface area contributed by atoms with Gasteiger partial charge in [0.05, 0.1) is 41.5 Å². The van der Waals surface area contributed by atoms with Gasteiger partial charge in [-0.2, -0.15) is 0 Å². The summed E-state index contributed by atoms with van der Waals surface area (Å²) < 4.78 is 25.0. The molecule has 0 amide bonds. The summed E-state index contributed by atoms with van der Waals surface area (Å²) in [7, 11) is -0.327. The Morgan fingerprint density at radius 2 is 1.78 bits per heavy atom. The highest BCUT2D eigenvalue weighted by Gasteiger charge is 2.54. The summed E-state index contributed by atoms with van der Waals surface area (Å²) in [5.74, 6) is 0.554. The highest BCUT2D eigenvalue weighted by Crippen LogP contribution is 2.43. The second-order valence-electron chi connectivity index (χ2n) is 7.60. The SMILES string of the molecule is CC1(C)OB(c2sc(C3COCCO3)nc2C2CC2)OC1(C)C. The van der Waals surface area contributed by atoms with Crippen molar-refractivity contribution in [1.82, 2.24) is 4.98 Å². The Balaban J connectivity index is 1.64. The molecule has 1 saturated carbocycles. The summed E-state index contributed by atoms with van der Waals surface area (Å²) in [6.45, 7) is 10.2. The summed E-state index contributed by atoms with van der Waals surface area (Å²) in [6, 6.07) is 0. The molecule has 0 radical (unpaired) electrons. The minimum Gasteiger partial charge on any atom is -0.399 e. The molecule has 1 unspecified atom stereocenters. The largest absolute Gasteiger partial charge is 0.507 e. The van der Waals surface area contributed by atoms with Gasteiger partial charge in [0.25, 0.3) is 0 Å². The molecule has 3 fully saturated rings. The molecule has 1 aromatic heterocycles. The van der Waals surface area contributed by atoms with Crippen LogP contribution in [0.4, 0.5) is 0 Å². The molecular weight excluding hydrogens is 313 g/mol. The number of hydrogen-bond donors (Lipinski definition) is 0. The van der Waals surface area contributed by atoms with E-state index in [4.69, 9.17) is 23.8 Å². The zero-order valence-electron chi connectivity index (χ0n) is 14.3. The Morgan fingerprint density at radius 1 is 1.09 bits per heavy atom. The van der Waals surface area contributed by atoms with Crippen LogP contribution in [0.25, 0.3) is 0 Å². The molecule has 1 aromatic rings. The maximum Gasteiger partial charge on any atom is 0.507 e. The Morgan fingerprint density at radius 3 is 2.35 bits per heavy atom. The zero-order chi connectivity index (χ0) is 16.2. The molecule has 4 rings (SSSR count). The van der Waals surface area contributed by atoms with Crippen LogP contribution in [0.2, 0.25) is 0 Å². The van der Waals surface area contributed by atoms with Gasteiger partial charge < -0.3 is 18.8 Å². The van der Waals surface area contributed by atoms with Crippen molar-refractivity contribution in [2.45, 2.75) is 63.8 Å². The van der Waals surface area contributed by atoms with E-state index < -0.39 is 0 Å². The normalized spacial score (nSPS) is 29.9. The number of hydrogen-bond acceptors (Lipinski definition) is 6. The molecule has 1 aliphatic carbocycles. The molecule has 2 saturated heterocycles. The quantitative estimate of drug-likeness (QED) is 0.793. The van der Waals surface area contributed by atoms with E-state index in [1.54, 1.807) is 11.3 Å². The van der Waals surface area contributed by atoms with Crippen LogP contribution in [0.15, 0.2) is 0 Å². The van der Waals surface area contributed by atoms with E-state index in [0.717, 1.165) is 15.5 Å². The Labute approximate surface area is 141 Å². The maximum absolute atomic E-state index is 6.25. The van der Waals surface area contributed by atoms with Crippen molar-refractivity contribution in [3.8, 4) is 0 Å². The maximum atomic E-state index is 6.25. The van der Waals surface area contributed by atoms with Crippen molar-refractivity contribution in [2.24, 2.45) is 0 Å². The fourth-order valence-corrected chi connectivity index (χ4v) is 4.04. The minimum absolute atomic E-state index is 0.0533. The lowest BCUT2D eigenvalue weighted by molar-refractivity contribution is -0.0902. The Hall–Kier alpha value is -0.465. The predicted octanol–water partition coefficient (Wildman–Crippen LogP) is 2.41. The van der Waals surface area contributed by atoms with Crippen LogP contribution in [0.1, 0.15) is 63.3 Å². The number of aromatic nitrogens is 1. The predicted molar refractivity (Wildman–Crippen MR) is 89.3 cm³/mol. The second-order valence-corrected chi connectivity index (χ2v) is 8.66. The highest BCUT2D eigenvalue weighted by molar-refractivity contribution is 7.22. The van der Waals surface area contributed by atoms with Gasteiger partial charge >= 0.3 is 7.12 Å². The molecule has 0 spiro atoms. The van der Waals surface area contributed by atoms with Crippen molar-refractivity contribution in [3.63, 3.8) is 0 Å². The summed E-state index contributed by atoms with van der Waals surface area (Å²) in [6.07, 6.45) is 2.36. The smallest absolute Gasteiger partial charge is 0.399 e. The van der Waals surface area contributed by atoms with Gasteiger partial charge in [-0.05, 0) is 40.5 Å². The van der Waals surface area contributed by atoms with E-state index in [1.165, 1.54) is 12.8 Å². The van der Waals surface area contributed by atoms with E-state index in [2.05, 4.69) is 27.7 Å². The lowest BCUT2D eigenvalue weighted by Gasteiger charge is -2.32. The van der Waals surface area contributed by atoms with Crippen LogP contribution in [0, 0.1) is 0 Å². The first-order valence-corrected chi connectivity index (χ1v) is 9.24. The fraction of sp³-hybridized carbons (Fsp3) is 0.812. The first-order chi connectivity index (χ1) is 10.9. The Bertz CT molecular complexity index is 577. The summed E-state index contributed by atoms with van der Waals surface area (Å²) in [5.41, 5.74) is 0.498. The van der Waals surface area contributed by atoms with Crippen LogP contribution in [0.5, 0.6) is 0 Å². The monoisotopic (exact) mass is 337 g/mol. The van der Waals surface area contributed by atoms with Crippen LogP contribution < -0.4 is 4.78 Å². The minimum atomic E-state index is -0.327. The van der Waals surface area contributed by atoms with Gasteiger partial charge in [0.2, 0.25) is 0 Å². The van der Waals surface area contributed by atoms with Gasteiger partial charge in [-0.3, -0.25) is 0 Å². The molecule has 1 atom stereocenters. The van der Waals surface area contributed by atoms with Crippen molar-refractivity contribution >= 4 is 23.2 Å². The fourth-order valence-electron chi connectivity index (χ4n) is 2.90. The zero-order valence-corrected chi connectivity index (χ0v) is 15.1. The molecule has 126 valence electrons. The van der Waals surface area contributed by atoms with Crippen LogP contribution in [-0.4, -0.2) is 43.1 Å². The van der Waals surface area contributed by atoms with Gasteiger partial charge in [-0.15, -0.1) is 11.3 Å². The lowest BCUT2D eigenvalue weighted by atomic mass is 9.85. The van der Waals surface area contributed by atoms with Crippen LogP contribution >= 0.6 is 11.3 Å². The molecule has 0 aromatic carbocycles. The van der Waals surface area contributed by atoms with E-state index in [1.807, 2.05) is 0 Å². The van der Waals surface area contributed by atoms with Crippen molar-refractivity contribution in [2.75, 3.05) is 19.8 Å². The van der Waals surface area contributed by atoms with Gasteiger partial charge in [-0.25, -0.2) is 4.98 Å². The van der Waals surface area contributed by atoms with E-state index in [-0.39, 0.29) is 24.4 Å². The van der Waals surface area contributed by atoms with Crippen molar-refractivity contribution in [3.05, 3.63) is 10.7 Å². The topological polar surface area (TPSA) is 49.8 Å². The van der Waals surface area contributed by atoms with E-state index in [0.29, 0.717) is 25.7 Å². The molecule has 3 aliphatic rings. The van der Waals surface area contributed by atoms with Crippen molar-refractivity contribution in [1.29, 1.82) is 0 Å². The lowest BCUT2D eigenvalue weighted by Crippen LogP contribution is -2.41. The average Bonchev–Trinajstić information content (AvgIpc) is 3.20. The standard InChI is InChI=1S/C16H24BNO4S/c1-15(2)16(3,4)22-17(21-15)13-12(10-5-6-10)18-14(23-13)11-9-19-7-8-20-11/h10-11H,5-9H2,1-4H3. The molecule has 0 bridgehead atoms.